The molecule has 0 aromatic rings. The van der Waals surface area contributed by atoms with Gasteiger partial charge in [-0.1, -0.05) is 0 Å². The first-order chi connectivity index (χ1) is 4.57. The van der Waals surface area contributed by atoms with E-state index >= 15 is 0 Å². The van der Waals surface area contributed by atoms with Gasteiger partial charge >= 0.3 is 5.97 Å². The number of rotatable bonds is 3. The number of halogens is 2. The van der Waals surface area contributed by atoms with E-state index in [2.05, 4.69) is 4.74 Å². The summed E-state index contributed by atoms with van der Waals surface area (Å²) in [5, 5.41) is -0.546. The number of carbonyl (C=O) groups is 1. The first kappa shape index (κ1) is 10.0. The van der Waals surface area contributed by atoms with Crippen molar-refractivity contribution in [2.45, 2.75) is 24.1 Å². The molecular weight excluding hydrogens is 175 g/mol. The van der Waals surface area contributed by atoms with Crippen LogP contribution in [0.15, 0.2) is 0 Å². The van der Waals surface area contributed by atoms with Gasteiger partial charge < -0.3 is 4.74 Å². The van der Waals surface area contributed by atoms with Crippen molar-refractivity contribution in [1.82, 2.24) is 0 Å². The largest absolute Gasteiger partial charge is 0.469 e. The molecule has 0 saturated carbocycles. The van der Waals surface area contributed by atoms with E-state index in [1.54, 1.807) is 6.92 Å². The van der Waals surface area contributed by atoms with Gasteiger partial charge in [0.05, 0.1) is 18.9 Å². The number of ether oxygens (including phenoxy) is 1. The van der Waals surface area contributed by atoms with Crippen molar-refractivity contribution in [2.24, 2.45) is 0 Å². The first-order valence-electron chi connectivity index (χ1n) is 2.93. The van der Waals surface area contributed by atoms with Crippen molar-refractivity contribution < 1.29 is 9.53 Å². The summed E-state index contributed by atoms with van der Waals surface area (Å²) in [5.41, 5.74) is 0. The second-order valence-corrected chi connectivity index (χ2v) is 3.22. The standard InChI is InChI=1S/C6H10Cl2O2/c1-4(7)5(8)3-6(9)10-2/h4-5H,3H2,1-2H3. The Morgan fingerprint density at radius 3 is 2.40 bits per heavy atom. The smallest absolute Gasteiger partial charge is 0.307 e. The molecule has 0 saturated heterocycles. The highest BCUT2D eigenvalue weighted by Gasteiger charge is 2.15. The zero-order valence-corrected chi connectivity index (χ0v) is 7.45. The molecule has 2 nitrogen and oxygen atoms in total. The molecule has 0 bridgehead atoms. The predicted octanol–water partition coefficient (Wildman–Crippen LogP) is 1.78. The van der Waals surface area contributed by atoms with Gasteiger partial charge in [0.15, 0.2) is 0 Å². The van der Waals surface area contributed by atoms with E-state index in [-0.39, 0.29) is 23.1 Å². The fourth-order valence-corrected chi connectivity index (χ4v) is 0.620. The van der Waals surface area contributed by atoms with E-state index in [1.807, 2.05) is 0 Å². The van der Waals surface area contributed by atoms with Crippen molar-refractivity contribution in [3.63, 3.8) is 0 Å². The molecule has 0 amide bonds. The maximum Gasteiger partial charge on any atom is 0.307 e. The number of methoxy groups -OCH3 is 1. The summed E-state index contributed by atoms with van der Waals surface area (Å²) in [6.07, 6.45) is 0.169. The number of carbonyl (C=O) groups excluding carboxylic acids is 1. The van der Waals surface area contributed by atoms with Crippen molar-refractivity contribution in [2.75, 3.05) is 7.11 Å². The lowest BCUT2D eigenvalue weighted by Crippen LogP contribution is -2.16. The molecular formula is C6H10Cl2O2. The van der Waals surface area contributed by atoms with Gasteiger partial charge in [0.2, 0.25) is 0 Å². The van der Waals surface area contributed by atoms with Gasteiger partial charge in [-0.05, 0) is 6.92 Å². The molecule has 0 heterocycles. The SMILES string of the molecule is COC(=O)CC(Cl)C(C)Cl. The average Bonchev–Trinajstić information content (AvgIpc) is 1.87. The van der Waals surface area contributed by atoms with Crippen LogP contribution < -0.4 is 0 Å². The second kappa shape index (κ2) is 4.80. The fourth-order valence-electron chi connectivity index (χ4n) is 0.405. The van der Waals surface area contributed by atoms with Gasteiger partial charge in [-0.15, -0.1) is 23.2 Å². The number of esters is 1. The molecule has 0 N–H and O–H groups in total. The summed E-state index contributed by atoms with van der Waals surface area (Å²) >= 11 is 11.2. The molecule has 0 aliphatic rings. The molecule has 0 rings (SSSR count). The molecule has 0 aliphatic heterocycles. The van der Waals surface area contributed by atoms with Crippen LogP contribution in [-0.4, -0.2) is 23.8 Å². The highest BCUT2D eigenvalue weighted by molar-refractivity contribution is 6.30. The summed E-state index contributed by atoms with van der Waals surface area (Å²) < 4.78 is 4.39. The Balaban J connectivity index is 3.57. The Bertz CT molecular complexity index is 114. The minimum Gasteiger partial charge on any atom is -0.469 e. The van der Waals surface area contributed by atoms with E-state index in [4.69, 9.17) is 23.2 Å². The lowest BCUT2D eigenvalue weighted by molar-refractivity contribution is -0.140. The van der Waals surface area contributed by atoms with Crippen LogP contribution in [0.5, 0.6) is 0 Å². The third-order valence-corrected chi connectivity index (χ3v) is 2.05. The van der Waals surface area contributed by atoms with E-state index in [1.165, 1.54) is 7.11 Å². The highest BCUT2D eigenvalue weighted by atomic mass is 35.5. The zero-order chi connectivity index (χ0) is 8.15. The summed E-state index contributed by atoms with van der Waals surface area (Å²) in [6.45, 7) is 1.74. The predicted molar refractivity (Wildman–Crippen MR) is 41.6 cm³/mol. The molecule has 0 radical (unpaired) electrons. The van der Waals surface area contributed by atoms with Crippen LogP contribution >= 0.6 is 23.2 Å². The number of hydrogen-bond acceptors (Lipinski definition) is 2. The van der Waals surface area contributed by atoms with Crippen LogP contribution in [-0.2, 0) is 9.53 Å². The van der Waals surface area contributed by atoms with Crippen LogP contribution in [0, 0.1) is 0 Å². The van der Waals surface area contributed by atoms with E-state index in [0.717, 1.165) is 0 Å². The Labute approximate surface area is 70.4 Å². The quantitative estimate of drug-likeness (QED) is 0.494. The summed E-state index contributed by atoms with van der Waals surface area (Å²) in [7, 11) is 1.32. The van der Waals surface area contributed by atoms with Gasteiger partial charge in [0.1, 0.15) is 0 Å². The number of alkyl halides is 2. The van der Waals surface area contributed by atoms with Gasteiger partial charge in [-0.25, -0.2) is 0 Å². The fraction of sp³-hybridized carbons (Fsp3) is 0.833. The van der Waals surface area contributed by atoms with Crippen LogP contribution in [0.1, 0.15) is 13.3 Å². The molecule has 0 aromatic carbocycles. The van der Waals surface area contributed by atoms with Gasteiger partial charge in [0, 0.05) is 5.38 Å². The molecule has 4 heteroatoms. The van der Waals surface area contributed by atoms with Crippen molar-refractivity contribution >= 4 is 29.2 Å². The van der Waals surface area contributed by atoms with Crippen molar-refractivity contribution in [1.29, 1.82) is 0 Å². The molecule has 2 atom stereocenters. The van der Waals surface area contributed by atoms with Crippen LogP contribution in [0.3, 0.4) is 0 Å². The lowest BCUT2D eigenvalue weighted by Gasteiger charge is -2.08. The Hall–Kier alpha value is 0.0500. The van der Waals surface area contributed by atoms with Crippen molar-refractivity contribution in [3.05, 3.63) is 0 Å². The third-order valence-electron chi connectivity index (χ3n) is 1.09. The van der Waals surface area contributed by atoms with Gasteiger partial charge in [-0.2, -0.15) is 0 Å². The molecule has 0 aromatic heterocycles. The van der Waals surface area contributed by atoms with E-state index in [9.17, 15) is 4.79 Å². The molecule has 2 unspecified atom stereocenters. The van der Waals surface area contributed by atoms with E-state index < -0.39 is 0 Å². The maximum atomic E-state index is 10.6. The highest BCUT2D eigenvalue weighted by Crippen LogP contribution is 2.13. The normalized spacial score (nSPS) is 16.0. The Morgan fingerprint density at radius 1 is 1.60 bits per heavy atom. The van der Waals surface area contributed by atoms with Crippen molar-refractivity contribution in [3.8, 4) is 0 Å². The Kier molecular flexibility index (Phi) is 4.83. The summed E-state index contributed by atoms with van der Waals surface area (Å²) in [4.78, 5) is 10.6. The molecule has 10 heavy (non-hydrogen) atoms. The minimum absolute atomic E-state index is 0.169. The monoisotopic (exact) mass is 184 g/mol. The van der Waals surface area contributed by atoms with Crippen LogP contribution in [0.4, 0.5) is 0 Å². The Morgan fingerprint density at radius 2 is 2.10 bits per heavy atom. The van der Waals surface area contributed by atoms with Crippen LogP contribution in [0.25, 0.3) is 0 Å². The average molecular weight is 185 g/mol. The summed E-state index contributed by atoms with van der Waals surface area (Å²) in [6, 6.07) is 0. The van der Waals surface area contributed by atoms with Gasteiger partial charge in [0.25, 0.3) is 0 Å². The van der Waals surface area contributed by atoms with E-state index in [0.29, 0.717) is 0 Å². The first-order valence-corrected chi connectivity index (χ1v) is 3.80. The topological polar surface area (TPSA) is 26.3 Å². The van der Waals surface area contributed by atoms with Crippen LogP contribution in [0.2, 0.25) is 0 Å². The molecule has 0 spiro atoms. The molecule has 0 fully saturated rings. The molecule has 0 aliphatic carbocycles. The zero-order valence-electron chi connectivity index (χ0n) is 5.93. The molecule has 60 valence electrons. The van der Waals surface area contributed by atoms with Gasteiger partial charge in [-0.3, -0.25) is 4.79 Å². The number of hydrogen-bond donors (Lipinski definition) is 0. The minimum atomic E-state index is -0.339. The maximum absolute atomic E-state index is 10.6. The third kappa shape index (κ3) is 3.96. The summed E-state index contributed by atoms with van der Waals surface area (Å²) in [5.74, 6) is -0.326. The second-order valence-electron chi connectivity index (χ2n) is 1.97. The lowest BCUT2D eigenvalue weighted by atomic mass is 10.2.